The van der Waals surface area contributed by atoms with Crippen molar-refractivity contribution >= 4 is 22.6 Å². The Labute approximate surface area is 111 Å². The first-order chi connectivity index (χ1) is 8.79. The monoisotopic (exact) mass is 256 g/mol. The van der Waals surface area contributed by atoms with Crippen LogP contribution in [0, 0.1) is 0 Å². The minimum absolute atomic E-state index is 0.526. The second kappa shape index (κ2) is 4.46. The lowest BCUT2D eigenvalue weighted by Gasteiger charge is -2.04. The number of aromatic nitrogens is 2. The number of rotatable bonds is 2. The molecule has 0 atom stereocenters. The zero-order valence-electron chi connectivity index (χ0n) is 10.1. The third-order valence-corrected chi connectivity index (χ3v) is 3.44. The summed E-state index contributed by atoms with van der Waals surface area (Å²) in [6, 6.07) is 16.4. The molecule has 0 aliphatic carbocycles. The summed E-state index contributed by atoms with van der Waals surface area (Å²) in [5.41, 5.74) is 4.38. The maximum atomic E-state index is 5.88. The molecule has 0 fully saturated rings. The fraction of sp³-hybridized carbons (Fsp3) is 0.133. The van der Waals surface area contributed by atoms with E-state index in [9.17, 15) is 0 Å². The number of aryl methyl sites for hydroxylation is 1. The minimum atomic E-state index is 0.526. The van der Waals surface area contributed by atoms with E-state index < -0.39 is 0 Å². The van der Waals surface area contributed by atoms with Crippen LogP contribution in [-0.4, -0.2) is 9.55 Å². The highest BCUT2D eigenvalue weighted by Gasteiger charge is 2.09. The zero-order valence-corrected chi connectivity index (χ0v) is 10.9. The van der Waals surface area contributed by atoms with Crippen LogP contribution in [0.4, 0.5) is 0 Å². The number of hydrogen-bond acceptors (Lipinski definition) is 1. The molecule has 2 nitrogen and oxygen atoms in total. The largest absolute Gasteiger partial charge is 0.327 e. The summed E-state index contributed by atoms with van der Waals surface area (Å²) in [5.74, 6) is 1.50. The predicted molar refractivity (Wildman–Crippen MR) is 75.7 cm³/mol. The Hall–Kier alpha value is -1.80. The summed E-state index contributed by atoms with van der Waals surface area (Å²) in [7, 11) is 2.04. The van der Waals surface area contributed by atoms with Crippen molar-refractivity contribution in [3.63, 3.8) is 0 Å². The number of benzene rings is 2. The summed E-state index contributed by atoms with van der Waals surface area (Å²) in [5, 5.41) is 0. The smallest absolute Gasteiger partial charge is 0.140 e. The normalized spacial score (nSPS) is 11.0. The number of nitrogens with zero attached hydrogens (tertiary/aromatic N) is 2. The van der Waals surface area contributed by atoms with Gasteiger partial charge in [-0.25, -0.2) is 4.98 Å². The maximum absolute atomic E-state index is 5.88. The van der Waals surface area contributed by atoms with Crippen LogP contribution in [0.5, 0.6) is 0 Å². The summed E-state index contributed by atoms with van der Waals surface area (Å²) in [6.07, 6.45) is 0. The number of para-hydroxylation sites is 2. The molecule has 1 aromatic heterocycles. The van der Waals surface area contributed by atoms with Gasteiger partial charge in [0.05, 0.1) is 11.0 Å². The molecule has 3 heteroatoms. The van der Waals surface area contributed by atoms with Gasteiger partial charge in [0, 0.05) is 18.5 Å². The van der Waals surface area contributed by atoms with Gasteiger partial charge in [0.25, 0.3) is 0 Å². The Morgan fingerprint density at radius 3 is 2.72 bits per heavy atom. The first kappa shape index (κ1) is 11.3. The lowest BCUT2D eigenvalue weighted by Crippen LogP contribution is -1.92. The van der Waals surface area contributed by atoms with E-state index in [1.807, 2.05) is 37.4 Å². The third kappa shape index (κ3) is 1.79. The Morgan fingerprint density at radius 1 is 1.11 bits per heavy atom. The van der Waals surface area contributed by atoms with E-state index in [1.54, 1.807) is 0 Å². The van der Waals surface area contributed by atoms with Crippen LogP contribution >= 0.6 is 11.6 Å². The lowest BCUT2D eigenvalue weighted by atomic mass is 10.1. The topological polar surface area (TPSA) is 17.8 Å². The number of alkyl halides is 1. The van der Waals surface area contributed by atoms with Gasteiger partial charge in [-0.15, -0.1) is 11.6 Å². The van der Waals surface area contributed by atoms with Crippen molar-refractivity contribution in [2.24, 2.45) is 7.05 Å². The first-order valence-electron chi connectivity index (χ1n) is 5.86. The van der Waals surface area contributed by atoms with Crippen LogP contribution in [0.15, 0.2) is 48.5 Å². The van der Waals surface area contributed by atoms with E-state index in [1.165, 1.54) is 0 Å². The molecule has 0 bridgehead atoms. The van der Waals surface area contributed by atoms with Gasteiger partial charge in [0.15, 0.2) is 0 Å². The van der Waals surface area contributed by atoms with Gasteiger partial charge in [-0.3, -0.25) is 0 Å². The molecule has 2 aromatic carbocycles. The minimum Gasteiger partial charge on any atom is -0.327 e. The van der Waals surface area contributed by atoms with Gasteiger partial charge in [0.2, 0.25) is 0 Å². The Balaban J connectivity index is 2.21. The van der Waals surface area contributed by atoms with E-state index in [2.05, 4.69) is 27.8 Å². The summed E-state index contributed by atoms with van der Waals surface area (Å²) < 4.78 is 2.11. The van der Waals surface area contributed by atoms with Crippen molar-refractivity contribution in [3.05, 3.63) is 54.1 Å². The number of fused-ring (bicyclic) bond motifs is 1. The summed E-state index contributed by atoms with van der Waals surface area (Å²) >= 11 is 5.88. The van der Waals surface area contributed by atoms with E-state index in [4.69, 9.17) is 11.6 Å². The number of imidazole rings is 1. The molecule has 3 aromatic rings. The molecule has 0 radical (unpaired) electrons. The molecule has 1 heterocycles. The molecule has 0 aliphatic rings. The van der Waals surface area contributed by atoms with E-state index in [-0.39, 0.29) is 0 Å². The van der Waals surface area contributed by atoms with Gasteiger partial charge < -0.3 is 4.57 Å². The highest BCUT2D eigenvalue weighted by Crippen LogP contribution is 2.24. The van der Waals surface area contributed by atoms with Crippen LogP contribution < -0.4 is 0 Å². The molecule has 0 N–H and O–H groups in total. The summed E-state index contributed by atoms with van der Waals surface area (Å²) in [6.45, 7) is 0. The van der Waals surface area contributed by atoms with Crippen molar-refractivity contribution in [2.45, 2.75) is 5.88 Å². The molecule has 18 heavy (non-hydrogen) atoms. The lowest BCUT2D eigenvalue weighted by molar-refractivity contribution is 0.959. The van der Waals surface area contributed by atoms with Crippen molar-refractivity contribution in [2.75, 3.05) is 0 Å². The quantitative estimate of drug-likeness (QED) is 0.634. The standard InChI is InChI=1S/C15H13ClN2/c1-18-14-8-3-2-7-13(14)17-15(18)12-6-4-5-11(9-12)10-16/h2-9H,10H2,1H3. The Kier molecular flexibility index (Phi) is 2.80. The fourth-order valence-corrected chi connectivity index (χ4v) is 2.36. The SMILES string of the molecule is Cn1c(-c2cccc(CCl)c2)nc2ccccc21. The van der Waals surface area contributed by atoms with Crippen LogP contribution in [0.2, 0.25) is 0 Å². The van der Waals surface area contributed by atoms with Gasteiger partial charge >= 0.3 is 0 Å². The molecule has 0 amide bonds. The number of halogens is 1. The van der Waals surface area contributed by atoms with Crippen LogP contribution in [0.1, 0.15) is 5.56 Å². The van der Waals surface area contributed by atoms with Crippen LogP contribution in [0.3, 0.4) is 0 Å². The molecule has 0 saturated carbocycles. The van der Waals surface area contributed by atoms with Gasteiger partial charge in [-0.05, 0) is 23.8 Å². The predicted octanol–water partition coefficient (Wildman–Crippen LogP) is 3.98. The van der Waals surface area contributed by atoms with E-state index in [0.717, 1.165) is 28.0 Å². The number of hydrogen-bond donors (Lipinski definition) is 0. The first-order valence-corrected chi connectivity index (χ1v) is 6.40. The molecule has 0 saturated heterocycles. The molecular weight excluding hydrogens is 244 g/mol. The molecule has 0 spiro atoms. The second-order valence-corrected chi connectivity index (χ2v) is 4.58. The van der Waals surface area contributed by atoms with Gasteiger partial charge in [-0.2, -0.15) is 0 Å². The fourth-order valence-electron chi connectivity index (χ4n) is 2.20. The van der Waals surface area contributed by atoms with Crippen molar-refractivity contribution in [3.8, 4) is 11.4 Å². The van der Waals surface area contributed by atoms with E-state index >= 15 is 0 Å². The second-order valence-electron chi connectivity index (χ2n) is 4.32. The van der Waals surface area contributed by atoms with Crippen molar-refractivity contribution in [1.82, 2.24) is 9.55 Å². The average molecular weight is 257 g/mol. The van der Waals surface area contributed by atoms with Crippen LogP contribution in [0.25, 0.3) is 22.4 Å². The van der Waals surface area contributed by atoms with Gasteiger partial charge in [0.1, 0.15) is 5.82 Å². The van der Waals surface area contributed by atoms with E-state index in [0.29, 0.717) is 5.88 Å². The molecule has 0 aliphatic heterocycles. The third-order valence-electron chi connectivity index (χ3n) is 3.13. The summed E-state index contributed by atoms with van der Waals surface area (Å²) in [4.78, 5) is 4.68. The maximum Gasteiger partial charge on any atom is 0.140 e. The molecule has 0 unspecified atom stereocenters. The van der Waals surface area contributed by atoms with Crippen molar-refractivity contribution < 1.29 is 0 Å². The van der Waals surface area contributed by atoms with Crippen molar-refractivity contribution in [1.29, 1.82) is 0 Å². The molecule has 90 valence electrons. The average Bonchev–Trinajstić information content (AvgIpc) is 2.77. The molecular formula is C15H13ClN2. The highest BCUT2D eigenvalue weighted by atomic mass is 35.5. The Morgan fingerprint density at radius 2 is 1.94 bits per heavy atom. The molecule has 3 rings (SSSR count). The Bertz CT molecular complexity index is 701. The van der Waals surface area contributed by atoms with Crippen LogP contribution in [-0.2, 0) is 12.9 Å². The van der Waals surface area contributed by atoms with Gasteiger partial charge in [-0.1, -0.05) is 30.3 Å². The zero-order chi connectivity index (χ0) is 12.5. The highest BCUT2D eigenvalue weighted by molar-refractivity contribution is 6.17.